The second kappa shape index (κ2) is 8.78. The van der Waals surface area contributed by atoms with Crippen LogP contribution in [0.3, 0.4) is 0 Å². The van der Waals surface area contributed by atoms with Gasteiger partial charge >= 0.3 is 0 Å². The van der Waals surface area contributed by atoms with E-state index in [2.05, 4.69) is 46.1 Å². The van der Waals surface area contributed by atoms with E-state index >= 15 is 0 Å². The van der Waals surface area contributed by atoms with Crippen molar-refractivity contribution in [3.63, 3.8) is 0 Å². The Hall–Kier alpha value is -1.72. The van der Waals surface area contributed by atoms with E-state index < -0.39 is 0 Å². The molecule has 2 aliphatic rings. The van der Waals surface area contributed by atoms with Gasteiger partial charge in [-0.1, -0.05) is 15.9 Å². The lowest BCUT2D eigenvalue weighted by Gasteiger charge is -2.31. The predicted molar refractivity (Wildman–Crippen MR) is 101 cm³/mol. The van der Waals surface area contributed by atoms with Gasteiger partial charge in [0.05, 0.1) is 31.3 Å². The molecule has 26 heavy (non-hydrogen) atoms. The number of morpholine rings is 2. The average molecular weight is 430 g/mol. The summed E-state index contributed by atoms with van der Waals surface area (Å²) in [6, 6.07) is 0. The predicted octanol–water partition coefficient (Wildman–Crippen LogP) is -0.204. The van der Waals surface area contributed by atoms with E-state index in [9.17, 15) is 4.79 Å². The molecule has 10 nitrogen and oxygen atoms in total. The van der Waals surface area contributed by atoms with Gasteiger partial charge < -0.3 is 19.3 Å². The SMILES string of the molecule is C[C@H](Br)C(=O)NN(C)c1nc(N2CCOCC2)nc(N2CCOCC2)n1. The van der Waals surface area contributed by atoms with E-state index in [1.807, 2.05) is 0 Å². The van der Waals surface area contributed by atoms with Crippen LogP contribution in [0.25, 0.3) is 0 Å². The molecule has 1 atom stereocenters. The first-order chi connectivity index (χ1) is 12.5. The molecular weight excluding hydrogens is 406 g/mol. The molecule has 3 rings (SSSR count). The maximum Gasteiger partial charge on any atom is 0.252 e. The fourth-order valence-electron chi connectivity index (χ4n) is 2.61. The number of amides is 1. The molecule has 0 saturated carbocycles. The maximum absolute atomic E-state index is 12.0. The molecule has 1 amide bonds. The number of carbonyl (C=O) groups is 1. The molecular formula is C15H24BrN7O3. The molecule has 11 heteroatoms. The standard InChI is InChI=1S/C15H24BrN7O3/c1-11(16)12(24)20-21(2)13-17-14(22-3-7-25-8-4-22)19-15(18-13)23-5-9-26-10-6-23/h11H,3-10H2,1-2H3,(H,20,24)/t11-/m0/s1. The third kappa shape index (κ3) is 4.71. The highest BCUT2D eigenvalue weighted by Gasteiger charge is 2.22. The van der Waals surface area contributed by atoms with Crippen molar-refractivity contribution in [2.75, 3.05) is 74.5 Å². The van der Waals surface area contributed by atoms with Gasteiger partial charge in [0.1, 0.15) is 0 Å². The number of hydrazine groups is 1. The van der Waals surface area contributed by atoms with E-state index in [1.54, 1.807) is 14.0 Å². The molecule has 2 saturated heterocycles. The van der Waals surface area contributed by atoms with Crippen LogP contribution in [0, 0.1) is 0 Å². The Morgan fingerprint density at radius 3 is 1.92 bits per heavy atom. The molecule has 0 unspecified atom stereocenters. The summed E-state index contributed by atoms with van der Waals surface area (Å²) in [6.07, 6.45) is 0. The minimum atomic E-state index is -0.316. The molecule has 1 aromatic heterocycles. The fourth-order valence-corrected chi connectivity index (χ4v) is 2.71. The molecule has 1 N–H and O–H groups in total. The lowest BCUT2D eigenvalue weighted by atomic mass is 10.4. The Bertz CT molecular complexity index is 585. The molecule has 2 fully saturated rings. The lowest BCUT2D eigenvalue weighted by molar-refractivity contribution is -0.120. The average Bonchev–Trinajstić information content (AvgIpc) is 2.68. The van der Waals surface area contributed by atoms with Crippen molar-refractivity contribution in [2.24, 2.45) is 0 Å². The van der Waals surface area contributed by atoms with E-state index in [0.717, 1.165) is 26.2 Å². The van der Waals surface area contributed by atoms with Crippen molar-refractivity contribution in [1.82, 2.24) is 20.4 Å². The van der Waals surface area contributed by atoms with Crippen LogP contribution in [-0.2, 0) is 14.3 Å². The zero-order valence-electron chi connectivity index (χ0n) is 15.0. The van der Waals surface area contributed by atoms with E-state index in [4.69, 9.17) is 9.47 Å². The number of nitrogens with zero attached hydrogens (tertiary/aromatic N) is 6. The van der Waals surface area contributed by atoms with Gasteiger partial charge in [-0.2, -0.15) is 15.0 Å². The molecule has 0 bridgehead atoms. The number of nitrogens with one attached hydrogen (secondary N) is 1. The number of anilines is 3. The Kier molecular flexibility index (Phi) is 6.43. The molecule has 1 aromatic rings. The molecule has 0 spiro atoms. The highest BCUT2D eigenvalue weighted by atomic mass is 79.9. The number of rotatable bonds is 5. The number of carbonyl (C=O) groups excluding carboxylic acids is 1. The largest absolute Gasteiger partial charge is 0.378 e. The van der Waals surface area contributed by atoms with E-state index in [0.29, 0.717) is 44.3 Å². The van der Waals surface area contributed by atoms with Crippen molar-refractivity contribution < 1.29 is 14.3 Å². The van der Waals surface area contributed by atoms with Crippen LogP contribution in [0.15, 0.2) is 0 Å². The quantitative estimate of drug-likeness (QED) is 0.503. The summed E-state index contributed by atoms with van der Waals surface area (Å²) in [5.74, 6) is 1.40. The first-order valence-corrected chi connectivity index (χ1v) is 9.56. The zero-order chi connectivity index (χ0) is 18.5. The molecule has 0 radical (unpaired) electrons. The second-order valence-corrected chi connectivity index (χ2v) is 7.46. The van der Waals surface area contributed by atoms with Crippen LogP contribution in [0.1, 0.15) is 6.92 Å². The molecule has 3 heterocycles. The van der Waals surface area contributed by atoms with Crippen LogP contribution >= 0.6 is 15.9 Å². The summed E-state index contributed by atoms with van der Waals surface area (Å²) >= 11 is 3.26. The van der Waals surface area contributed by atoms with Gasteiger partial charge in [0.25, 0.3) is 11.9 Å². The summed E-state index contributed by atoms with van der Waals surface area (Å²) in [4.78, 5) is 29.5. The third-order valence-corrected chi connectivity index (χ3v) is 4.54. The monoisotopic (exact) mass is 429 g/mol. The van der Waals surface area contributed by atoms with Gasteiger partial charge in [0.15, 0.2) is 0 Å². The molecule has 0 aliphatic carbocycles. The Morgan fingerprint density at radius 2 is 1.50 bits per heavy atom. The summed E-state index contributed by atoms with van der Waals surface area (Å²) in [5, 5.41) is 1.52. The third-order valence-electron chi connectivity index (χ3n) is 4.13. The van der Waals surface area contributed by atoms with Gasteiger partial charge in [0, 0.05) is 33.2 Å². The maximum atomic E-state index is 12.0. The Morgan fingerprint density at radius 1 is 1.04 bits per heavy atom. The van der Waals surface area contributed by atoms with Gasteiger partial charge in [-0.15, -0.1) is 0 Å². The second-order valence-electron chi connectivity index (χ2n) is 6.09. The smallest absolute Gasteiger partial charge is 0.252 e. The van der Waals surface area contributed by atoms with Crippen molar-refractivity contribution in [2.45, 2.75) is 11.8 Å². The van der Waals surface area contributed by atoms with Crippen LogP contribution < -0.4 is 20.2 Å². The highest BCUT2D eigenvalue weighted by molar-refractivity contribution is 9.10. The summed E-state index contributed by atoms with van der Waals surface area (Å²) in [5.41, 5.74) is 2.76. The Labute approximate surface area is 161 Å². The van der Waals surface area contributed by atoms with Crippen molar-refractivity contribution in [3.8, 4) is 0 Å². The summed E-state index contributed by atoms with van der Waals surface area (Å²) in [7, 11) is 1.72. The first-order valence-electron chi connectivity index (χ1n) is 8.64. The van der Waals surface area contributed by atoms with Crippen molar-refractivity contribution >= 4 is 39.7 Å². The minimum absolute atomic E-state index is 0.172. The molecule has 0 aromatic carbocycles. The van der Waals surface area contributed by atoms with Crippen molar-refractivity contribution in [3.05, 3.63) is 0 Å². The fraction of sp³-hybridized carbons (Fsp3) is 0.733. The molecule has 2 aliphatic heterocycles. The van der Waals surface area contributed by atoms with Crippen LogP contribution in [0.4, 0.5) is 17.8 Å². The number of ether oxygens (including phenoxy) is 2. The normalized spacial score (nSPS) is 19.2. The van der Waals surface area contributed by atoms with Crippen LogP contribution in [0.2, 0.25) is 0 Å². The van der Waals surface area contributed by atoms with Gasteiger partial charge in [0.2, 0.25) is 11.9 Å². The van der Waals surface area contributed by atoms with Gasteiger partial charge in [-0.05, 0) is 6.92 Å². The van der Waals surface area contributed by atoms with E-state index in [1.165, 1.54) is 5.01 Å². The number of hydrogen-bond acceptors (Lipinski definition) is 9. The summed E-state index contributed by atoms with van der Waals surface area (Å²) < 4.78 is 10.8. The highest BCUT2D eigenvalue weighted by Crippen LogP contribution is 2.19. The lowest BCUT2D eigenvalue weighted by Crippen LogP contribution is -2.45. The number of alkyl halides is 1. The topological polar surface area (TPSA) is 96.0 Å². The minimum Gasteiger partial charge on any atom is -0.378 e. The van der Waals surface area contributed by atoms with Crippen LogP contribution in [-0.4, -0.2) is 85.3 Å². The van der Waals surface area contributed by atoms with Gasteiger partial charge in [-0.3, -0.25) is 15.2 Å². The number of hydrogen-bond donors (Lipinski definition) is 1. The first kappa shape index (κ1) is 19.1. The van der Waals surface area contributed by atoms with E-state index in [-0.39, 0.29) is 10.7 Å². The van der Waals surface area contributed by atoms with Gasteiger partial charge in [-0.25, -0.2) is 0 Å². The Balaban J connectivity index is 1.87. The number of halogens is 1. The summed E-state index contributed by atoms with van der Waals surface area (Å²) in [6.45, 7) is 7.21. The number of aromatic nitrogens is 3. The molecule has 144 valence electrons. The van der Waals surface area contributed by atoms with Crippen molar-refractivity contribution in [1.29, 1.82) is 0 Å². The van der Waals surface area contributed by atoms with Crippen LogP contribution in [0.5, 0.6) is 0 Å². The zero-order valence-corrected chi connectivity index (χ0v) is 16.6.